The van der Waals surface area contributed by atoms with Gasteiger partial charge in [-0.25, -0.2) is 4.90 Å². The van der Waals surface area contributed by atoms with Gasteiger partial charge in [0.2, 0.25) is 5.91 Å². The maximum Gasteiger partial charge on any atom is 0.251 e. The Morgan fingerprint density at radius 2 is 1.84 bits per heavy atom. The summed E-state index contributed by atoms with van der Waals surface area (Å²) in [5.41, 5.74) is 1.28. The second-order valence-corrected chi connectivity index (χ2v) is 5.86. The number of rotatable bonds is 6. The Bertz CT molecular complexity index is 746. The molecule has 0 saturated carbocycles. The maximum absolute atomic E-state index is 12.5. The Kier molecular flexibility index (Phi) is 5.11. The third-order valence-corrected chi connectivity index (χ3v) is 4.22. The number of aliphatic hydroxyl groups excluding tert-OH is 1. The fourth-order valence-electron chi connectivity index (χ4n) is 2.84. The van der Waals surface area contributed by atoms with Crippen LogP contribution >= 0.6 is 0 Å². The van der Waals surface area contributed by atoms with Gasteiger partial charge in [0.05, 0.1) is 31.4 Å². The van der Waals surface area contributed by atoms with Gasteiger partial charge in [-0.1, -0.05) is 30.3 Å². The summed E-state index contributed by atoms with van der Waals surface area (Å²) in [6.45, 7) is 0.199. The second kappa shape index (κ2) is 7.46. The zero-order valence-corrected chi connectivity index (χ0v) is 13.9. The highest BCUT2D eigenvalue weighted by atomic mass is 16.5. The molecule has 6 nitrogen and oxygen atoms in total. The minimum Gasteiger partial charge on any atom is -0.497 e. The number of ether oxygens (including phenoxy) is 1. The highest BCUT2D eigenvalue weighted by Crippen LogP contribution is 2.25. The van der Waals surface area contributed by atoms with Gasteiger partial charge < -0.3 is 15.2 Å². The van der Waals surface area contributed by atoms with E-state index < -0.39 is 12.1 Å². The van der Waals surface area contributed by atoms with E-state index in [9.17, 15) is 14.7 Å². The van der Waals surface area contributed by atoms with Crippen LogP contribution in [0.2, 0.25) is 0 Å². The third-order valence-electron chi connectivity index (χ3n) is 4.22. The summed E-state index contributed by atoms with van der Waals surface area (Å²) in [5, 5.41) is 13.2. The molecule has 0 radical (unpaired) electrons. The van der Waals surface area contributed by atoms with Gasteiger partial charge in [-0.15, -0.1) is 0 Å². The number of amides is 2. The van der Waals surface area contributed by atoms with E-state index in [1.807, 2.05) is 30.3 Å². The second-order valence-electron chi connectivity index (χ2n) is 5.86. The molecule has 1 saturated heterocycles. The van der Waals surface area contributed by atoms with Crippen LogP contribution in [0.5, 0.6) is 5.75 Å². The number of carbonyl (C=O) groups excluding carboxylic acids is 2. The lowest BCUT2D eigenvalue weighted by molar-refractivity contribution is -0.121. The van der Waals surface area contributed by atoms with Crippen LogP contribution in [0.4, 0.5) is 5.69 Å². The number of aliphatic hydroxyl groups is 1. The summed E-state index contributed by atoms with van der Waals surface area (Å²) in [4.78, 5) is 26.0. The number of hydrogen-bond donors (Lipinski definition) is 2. The number of nitrogens with zero attached hydrogens (tertiary/aromatic N) is 1. The van der Waals surface area contributed by atoms with Crippen molar-refractivity contribution in [3.63, 3.8) is 0 Å². The standard InChI is InChI=1S/C19H20N2O4/c1-25-15-9-7-14(8-10-15)21-18(23)11-16(19(21)24)20-12-17(22)13-5-3-2-4-6-13/h2-10,16-17,20,22H,11-12H2,1H3. The molecule has 1 aliphatic heterocycles. The zero-order valence-electron chi connectivity index (χ0n) is 13.9. The molecule has 3 rings (SSSR count). The smallest absolute Gasteiger partial charge is 0.251 e. The van der Waals surface area contributed by atoms with E-state index in [2.05, 4.69) is 5.32 Å². The minimum absolute atomic E-state index is 0.0758. The lowest BCUT2D eigenvalue weighted by Gasteiger charge is -2.17. The molecule has 2 unspecified atom stereocenters. The molecule has 6 heteroatoms. The van der Waals surface area contributed by atoms with Crippen molar-refractivity contribution in [2.75, 3.05) is 18.6 Å². The van der Waals surface area contributed by atoms with Crippen molar-refractivity contribution in [2.24, 2.45) is 0 Å². The number of imide groups is 1. The lowest BCUT2D eigenvalue weighted by atomic mass is 10.1. The van der Waals surface area contributed by atoms with Crippen molar-refractivity contribution in [3.05, 3.63) is 60.2 Å². The molecule has 2 atom stereocenters. The molecular weight excluding hydrogens is 320 g/mol. The van der Waals surface area contributed by atoms with Gasteiger partial charge in [0.1, 0.15) is 5.75 Å². The van der Waals surface area contributed by atoms with Crippen molar-refractivity contribution in [3.8, 4) is 5.75 Å². The van der Waals surface area contributed by atoms with Gasteiger partial charge >= 0.3 is 0 Å². The molecule has 0 aliphatic carbocycles. The fourth-order valence-corrected chi connectivity index (χ4v) is 2.84. The first-order chi connectivity index (χ1) is 12.1. The lowest BCUT2D eigenvalue weighted by Crippen LogP contribution is -2.40. The van der Waals surface area contributed by atoms with E-state index in [0.717, 1.165) is 5.56 Å². The number of methoxy groups -OCH3 is 1. The molecule has 0 spiro atoms. The van der Waals surface area contributed by atoms with Crippen LogP contribution < -0.4 is 15.0 Å². The van der Waals surface area contributed by atoms with Crippen LogP contribution in [0.25, 0.3) is 0 Å². The molecule has 2 aromatic carbocycles. The van der Waals surface area contributed by atoms with Crippen LogP contribution in [0, 0.1) is 0 Å². The number of nitrogens with one attached hydrogen (secondary N) is 1. The van der Waals surface area contributed by atoms with E-state index in [4.69, 9.17) is 4.74 Å². The molecule has 2 amide bonds. The van der Waals surface area contributed by atoms with Crippen LogP contribution in [0.3, 0.4) is 0 Å². The van der Waals surface area contributed by atoms with Crippen LogP contribution in [-0.4, -0.2) is 36.6 Å². The van der Waals surface area contributed by atoms with Crippen LogP contribution in [0.1, 0.15) is 18.1 Å². The van der Waals surface area contributed by atoms with E-state index in [-0.39, 0.29) is 24.8 Å². The maximum atomic E-state index is 12.5. The molecule has 0 bridgehead atoms. The first-order valence-corrected chi connectivity index (χ1v) is 8.07. The highest BCUT2D eigenvalue weighted by molar-refractivity contribution is 6.22. The number of hydrogen-bond acceptors (Lipinski definition) is 5. The molecule has 1 fully saturated rings. The normalized spacial score (nSPS) is 18.5. The Balaban J connectivity index is 1.64. The fraction of sp³-hybridized carbons (Fsp3) is 0.263. The van der Waals surface area contributed by atoms with Gasteiger partial charge in [0.25, 0.3) is 5.91 Å². The van der Waals surface area contributed by atoms with Crippen molar-refractivity contribution in [2.45, 2.75) is 18.6 Å². The molecular formula is C19H20N2O4. The molecule has 1 aliphatic rings. The van der Waals surface area contributed by atoms with Gasteiger partial charge in [-0.2, -0.15) is 0 Å². The summed E-state index contributed by atoms with van der Waals surface area (Å²) in [7, 11) is 1.55. The van der Waals surface area contributed by atoms with Crippen LogP contribution in [-0.2, 0) is 9.59 Å². The van der Waals surface area contributed by atoms with Gasteiger partial charge in [-0.3, -0.25) is 9.59 Å². The summed E-state index contributed by atoms with van der Waals surface area (Å²) in [6, 6.07) is 15.3. The molecule has 130 valence electrons. The largest absolute Gasteiger partial charge is 0.497 e. The van der Waals surface area contributed by atoms with Crippen molar-refractivity contribution < 1.29 is 19.4 Å². The number of carbonyl (C=O) groups is 2. The summed E-state index contributed by atoms with van der Waals surface area (Å²) in [5.74, 6) is 0.0841. The molecule has 2 aromatic rings. The van der Waals surface area contributed by atoms with E-state index in [0.29, 0.717) is 11.4 Å². The van der Waals surface area contributed by atoms with E-state index in [1.165, 1.54) is 4.90 Å². The molecule has 2 N–H and O–H groups in total. The average molecular weight is 340 g/mol. The Morgan fingerprint density at radius 1 is 1.16 bits per heavy atom. The highest BCUT2D eigenvalue weighted by Gasteiger charge is 2.39. The van der Waals surface area contributed by atoms with Crippen molar-refractivity contribution >= 4 is 17.5 Å². The molecule has 0 aromatic heterocycles. The van der Waals surface area contributed by atoms with E-state index in [1.54, 1.807) is 31.4 Å². The van der Waals surface area contributed by atoms with Crippen molar-refractivity contribution in [1.29, 1.82) is 0 Å². The first kappa shape index (κ1) is 17.1. The quantitative estimate of drug-likeness (QED) is 0.782. The topological polar surface area (TPSA) is 78.9 Å². The van der Waals surface area contributed by atoms with Crippen LogP contribution in [0.15, 0.2) is 54.6 Å². The van der Waals surface area contributed by atoms with Crippen molar-refractivity contribution in [1.82, 2.24) is 5.32 Å². The van der Waals surface area contributed by atoms with E-state index >= 15 is 0 Å². The molecule has 25 heavy (non-hydrogen) atoms. The predicted octanol–water partition coefficient (Wildman–Crippen LogP) is 1.65. The van der Waals surface area contributed by atoms with Gasteiger partial charge in [0, 0.05) is 6.54 Å². The minimum atomic E-state index is -0.737. The average Bonchev–Trinajstić information content (AvgIpc) is 2.94. The third kappa shape index (κ3) is 3.70. The first-order valence-electron chi connectivity index (χ1n) is 8.07. The monoisotopic (exact) mass is 340 g/mol. The Labute approximate surface area is 146 Å². The Morgan fingerprint density at radius 3 is 2.48 bits per heavy atom. The van der Waals surface area contributed by atoms with Gasteiger partial charge in [0.15, 0.2) is 0 Å². The van der Waals surface area contributed by atoms with Gasteiger partial charge in [-0.05, 0) is 29.8 Å². The number of anilines is 1. The number of benzene rings is 2. The molecule has 1 heterocycles. The predicted molar refractivity (Wildman–Crippen MR) is 93.3 cm³/mol. The summed E-state index contributed by atoms with van der Waals surface area (Å²) >= 11 is 0. The summed E-state index contributed by atoms with van der Waals surface area (Å²) in [6.07, 6.45) is -0.661. The zero-order chi connectivity index (χ0) is 17.8. The Hall–Kier alpha value is -2.70. The summed E-state index contributed by atoms with van der Waals surface area (Å²) < 4.78 is 5.09. The SMILES string of the molecule is COc1ccc(N2C(=O)CC(NCC(O)c3ccccc3)C2=O)cc1.